The van der Waals surface area contributed by atoms with Gasteiger partial charge >= 0.3 is 0 Å². The molecule has 0 fully saturated rings. The molecule has 0 amide bonds. The minimum atomic E-state index is -0.312. The van der Waals surface area contributed by atoms with E-state index in [1.165, 1.54) is 12.4 Å². The number of hydrogen-bond donors (Lipinski definition) is 2. The summed E-state index contributed by atoms with van der Waals surface area (Å²) in [5.74, 6) is -0.312. The van der Waals surface area contributed by atoms with Gasteiger partial charge in [-0.3, -0.25) is 10.1 Å². The van der Waals surface area contributed by atoms with Gasteiger partial charge in [-0.1, -0.05) is 24.8 Å². The number of aromatic amines is 2. The maximum absolute atomic E-state index is 14.5. The predicted molar refractivity (Wildman–Crippen MR) is 124 cm³/mol. The van der Waals surface area contributed by atoms with Gasteiger partial charge in [-0.25, -0.2) is 14.4 Å². The molecule has 0 unspecified atom stereocenters. The maximum Gasteiger partial charge on any atom is 0.132 e. The molecule has 0 radical (unpaired) electrons. The monoisotopic (exact) mass is 422 g/mol. The third-order valence-electron chi connectivity index (χ3n) is 5.30. The van der Waals surface area contributed by atoms with Gasteiger partial charge in [0, 0.05) is 45.8 Å². The molecule has 156 valence electrons. The molecule has 0 atom stereocenters. The number of aromatic nitrogens is 6. The van der Waals surface area contributed by atoms with Gasteiger partial charge in [0.1, 0.15) is 17.8 Å². The number of nitrogens with zero attached hydrogens (tertiary/aromatic N) is 4. The Kier molecular flexibility index (Phi) is 4.91. The number of fused-ring (bicyclic) bond motifs is 1. The van der Waals surface area contributed by atoms with E-state index in [-0.39, 0.29) is 5.82 Å². The van der Waals surface area contributed by atoms with Crippen molar-refractivity contribution >= 4 is 28.6 Å². The van der Waals surface area contributed by atoms with Crippen molar-refractivity contribution in [2.45, 2.75) is 6.92 Å². The normalized spacial score (nSPS) is 12.6. The first-order chi connectivity index (χ1) is 15.7. The van der Waals surface area contributed by atoms with E-state index in [0.29, 0.717) is 11.3 Å². The Morgan fingerprint density at radius 3 is 2.69 bits per heavy atom. The molecule has 0 aliphatic rings. The summed E-state index contributed by atoms with van der Waals surface area (Å²) in [5, 5.41) is 10.2. The molecule has 0 spiro atoms. The molecule has 4 heterocycles. The zero-order valence-electron chi connectivity index (χ0n) is 17.3. The van der Waals surface area contributed by atoms with Crippen molar-refractivity contribution in [3.8, 4) is 22.6 Å². The van der Waals surface area contributed by atoms with E-state index in [1.54, 1.807) is 36.8 Å². The van der Waals surface area contributed by atoms with Crippen LogP contribution in [-0.2, 0) is 0 Å². The largest absolute Gasteiger partial charge is 0.353 e. The van der Waals surface area contributed by atoms with Gasteiger partial charge < -0.3 is 4.98 Å². The summed E-state index contributed by atoms with van der Waals surface area (Å²) in [4.78, 5) is 16.0. The predicted octanol–water partition coefficient (Wildman–Crippen LogP) is 3.84. The van der Waals surface area contributed by atoms with Crippen molar-refractivity contribution in [2.24, 2.45) is 0 Å². The summed E-state index contributed by atoms with van der Waals surface area (Å²) in [6, 6.07) is 10.5. The second-order valence-electron chi connectivity index (χ2n) is 7.27. The number of allylic oxidation sites excluding steroid dienone is 1. The molecule has 5 rings (SSSR count). The lowest BCUT2D eigenvalue weighted by molar-refractivity contribution is 0.631. The molecule has 0 saturated carbocycles. The highest BCUT2D eigenvalue weighted by atomic mass is 19.1. The lowest BCUT2D eigenvalue weighted by Crippen LogP contribution is -2.23. The van der Waals surface area contributed by atoms with Gasteiger partial charge in [-0.05, 0) is 42.8 Å². The van der Waals surface area contributed by atoms with Crippen LogP contribution in [0.2, 0.25) is 0 Å². The van der Waals surface area contributed by atoms with Crippen LogP contribution in [0.4, 0.5) is 4.39 Å². The van der Waals surface area contributed by atoms with E-state index in [1.807, 2.05) is 31.2 Å². The quantitative estimate of drug-likeness (QED) is 0.461. The van der Waals surface area contributed by atoms with E-state index >= 15 is 0 Å². The zero-order chi connectivity index (χ0) is 22.1. The van der Waals surface area contributed by atoms with Crippen molar-refractivity contribution in [1.29, 1.82) is 0 Å². The van der Waals surface area contributed by atoms with Gasteiger partial charge in [-0.2, -0.15) is 5.10 Å². The molecule has 32 heavy (non-hydrogen) atoms. The number of hydrogen-bond acceptors (Lipinski definition) is 4. The highest BCUT2D eigenvalue weighted by molar-refractivity contribution is 5.96. The highest BCUT2D eigenvalue weighted by Gasteiger charge is 2.15. The molecule has 5 aromatic rings. The van der Waals surface area contributed by atoms with Gasteiger partial charge in [0.25, 0.3) is 0 Å². The summed E-state index contributed by atoms with van der Waals surface area (Å²) in [6.45, 7) is 6.10. The standard InChI is InChI=1S/C25H19FN6/c1-3-21-18(10-15(2)16-12-27-14-28-13-16)25(32-31-21)23-11-19-22(30-23)8-9-29-24(19)17-6-4-5-7-20(17)26/h3-14,30-31H,2H2,1H3/b18-10+,21-3+. The van der Waals surface area contributed by atoms with Crippen LogP contribution < -0.4 is 10.6 Å². The van der Waals surface area contributed by atoms with Gasteiger partial charge in [0.15, 0.2) is 0 Å². The second-order valence-corrected chi connectivity index (χ2v) is 7.27. The topological polar surface area (TPSA) is 83.1 Å². The fourth-order valence-corrected chi connectivity index (χ4v) is 3.71. The third-order valence-corrected chi connectivity index (χ3v) is 5.30. The molecule has 0 bridgehead atoms. The average Bonchev–Trinajstić information content (AvgIpc) is 3.43. The van der Waals surface area contributed by atoms with E-state index in [0.717, 1.165) is 44.0 Å². The molecule has 0 saturated heterocycles. The van der Waals surface area contributed by atoms with Crippen LogP contribution >= 0.6 is 0 Å². The van der Waals surface area contributed by atoms with E-state index in [2.05, 4.69) is 36.7 Å². The summed E-state index contributed by atoms with van der Waals surface area (Å²) >= 11 is 0. The fraction of sp³-hybridized carbons (Fsp3) is 0.0400. The van der Waals surface area contributed by atoms with Crippen LogP contribution in [0, 0.1) is 5.82 Å². The summed E-state index contributed by atoms with van der Waals surface area (Å²) in [7, 11) is 0. The van der Waals surface area contributed by atoms with Crippen molar-refractivity contribution in [3.05, 3.63) is 89.8 Å². The van der Waals surface area contributed by atoms with Crippen molar-refractivity contribution in [2.75, 3.05) is 0 Å². The van der Waals surface area contributed by atoms with Crippen LogP contribution in [0.1, 0.15) is 12.5 Å². The van der Waals surface area contributed by atoms with Crippen molar-refractivity contribution in [1.82, 2.24) is 30.1 Å². The molecule has 2 N–H and O–H groups in total. The Balaban J connectivity index is 1.69. The first kappa shape index (κ1) is 19.6. The average molecular weight is 422 g/mol. The molecule has 0 aliphatic carbocycles. The lowest BCUT2D eigenvalue weighted by Gasteiger charge is -2.03. The first-order valence-corrected chi connectivity index (χ1v) is 10.1. The lowest BCUT2D eigenvalue weighted by atomic mass is 10.1. The fourth-order valence-electron chi connectivity index (χ4n) is 3.71. The number of nitrogens with one attached hydrogen (secondary N) is 2. The van der Waals surface area contributed by atoms with Crippen molar-refractivity contribution in [3.63, 3.8) is 0 Å². The zero-order valence-corrected chi connectivity index (χ0v) is 17.3. The Labute approximate surface area is 182 Å². The Morgan fingerprint density at radius 2 is 1.91 bits per heavy atom. The number of H-pyrrole nitrogens is 2. The molecule has 0 aliphatic heterocycles. The minimum Gasteiger partial charge on any atom is -0.353 e. The molecular formula is C25H19FN6. The Hall–Kier alpha value is -4.39. The van der Waals surface area contributed by atoms with E-state index < -0.39 is 0 Å². The highest BCUT2D eigenvalue weighted by Crippen LogP contribution is 2.30. The Morgan fingerprint density at radius 1 is 1.09 bits per heavy atom. The summed E-state index contributed by atoms with van der Waals surface area (Å²) in [5.41, 5.74) is 4.99. The SMILES string of the molecule is C=C(/C=c1/c(-c2cc3c(-c4ccccc4F)nccc3[nH]2)n[nH]/c1=C/C)c1cncnc1. The van der Waals surface area contributed by atoms with Crippen LogP contribution in [0.15, 0.2) is 67.9 Å². The van der Waals surface area contributed by atoms with Crippen molar-refractivity contribution < 1.29 is 4.39 Å². The summed E-state index contributed by atoms with van der Waals surface area (Å²) < 4.78 is 14.5. The van der Waals surface area contributed by atoms with E-state index in [4.69, 9.17) is 0 Å². The minimum absolute atomic E-state index is 0.312. The number of rotatable bonds is 4. The van der Waals surface area contributed by atoms with Gasteiger partial charge in [0.05, 0.1) is 16.7 Å². The maximum atomic E-state index is 14.5. The third kappa shape index (κ3) is 3.39. The van der Waals surface area contributed by atoms with Crippen LogP contribution in [0.3, 0.4) is 0 Å². The molecule has 6 nitrogen and oxygen atoms in total. The number of halogens is 1. The molecule has 4 aromatic heterocycles. The van der Waals surface area contributed by atoms with Gasteiger partial charge in [-0.15, -0.1) is 0 Å². The van der Waals surface area contributed by atoms with Crippen LogP contribution in [0.25, 0.3) is 51.3 Å². The van der Waals surface area contributed by atoms with Crippen LogP contribution in [0.5, 0.6) is 0 Å². The Bertz CT molecular complexity index is 1560. The summed E-state index contributed by atoms with van der Waals surface area (Å²) in [6.07, 6.45) is 10.5. The number of pyridine rings is 1. The second kappa shape index (κ2) is 8.03. The van der Waals surface area contributed by atoms with Crippen LogP contribution in [-0.4, -0.2) is 30.1 Å². The van der Waals surface area contributed by atoms with Gasteiger partial charge in [0.2, 0.25) is 0 Å². The number of benzene rings is 1. The molecular weight excluding hydrogens is 403 g/mol. The smallest absolute Gasteiger partial charge is 0.132 e. The molecule has 7 heteroatoms. The molecule has 1 aromatic carbocycles. The van der Waals surface area contributed by atoms with E-state index in [9.17, 15) is 4.39 Å². The first-order valence-electron chi connectivity index (χ1n) is 10.1.